The van der Waals surface area contributed by atoms with Gasteiger partial charge in [0.15, 0.2) is 0 Å². The summed E-state index contributed by atoms with van der Waals surface area (Å²) in [6.45, 7) is 8.46. The fourth-order valence-corrected chi connectivity index (χ4v) is 3.62. The van der Waals surface area contributed by atoms with Gasteiger partial charge in [0, 0.05) is 50.1 Å². The Morgan fingerprint density at radius 1 is 1.22 bits per heavy atom. The summed E-state index contributed by atoms with van der Waals surface area (Å²) in [7, 11) is 3.41. The molecule has 1 aliphatic rings. The van der Waals surface area contributed by atoms with Gasteiger partial charge in [-0.1, -0.05) is 0 Å². The highest BCUT2D eigenvalue weighted by atomic mass is 16.5. The zero-order valence-corrected chi connectivity index (χ0v) is 16.9. The van der Waals surface area contributed by atoms with Crippen molar-refractivity contribution in [3.8, 4) is 11.5 Å². The number of ether oxygens (including phenoxy) is 3. The van der Waals surface area contributed by atoms with Gasteiger partial charge in [0.1, 0.15) is 11.5 Å². The van der Waals surface area contributed by atoms with Crippen LogP contribution < -0.4 is 9.47 Å². The summed E-state index contributed by atoms with van der Waals surface area (Å²) in [4.78, 5) is 2.43. The number of hydrogen-bond donors (Lipinski definition) is 0. The Kier molecular flexibility index (Phi) is 6.74. The van der Waals surface area contributed by atoms with Gasteiger partial charge < -0.3 is 14.2 Å². The average Bonchev–Trinajstić information content (AvgIpc) is 3.31. The number of rotatable bonds is 9. The second-order valence-corrected chi connectivity index (χ2v) is 7.08. The van der Waals surface area contributed by atoms with Gasteiger partial charge in [-0.15, -0.1) is 0 Å². The Labute approximate surface area is 162 Å². The first-order valence-corrected chi connectivity index (χ1v) is 9.70. The SMILES string of the molecule is CCn1cc(CN(Cc2cc(OC)ccc2OC)CC2CCCO2)c(C)n1. The van der Waals surface area contributed by atoms with Gasteiger partial charge in [0.25, 0.3) is 0 Å². The Morgan fingerprint density at radius 3 is 2.67 bits per heavy atom. The van der Waals surface area contributed by atoms with Crippen LogP contribution in [0.15, 0.2) is 24.4 Å². The first kappa shape index (κ1) is 19.7. The summed E-state index contributed by atoms with van der Waals surface area (Å²) < 4.78 is 18.9. The number of benzene rings is 1. The molecule has 1 aliphatic heterocycles. The van der Waals surface area contributed by atoms with Crippen LogP contribution in [0.2, 0.25) is 0 Å². The predicted molar refractivity (Wildman–Crippen MR) is 105 cm³/mol. The highest BCUT2D eigenvalue weighted by molar-refractivity contribution is 5.40. The van der Waals surface area contributed by atoms with Crippen LogP contribution in [-0.2, 0) is 24.4 Å². The maximum Gasteiger partial charge on any atom is 0.123 e. The largest absolute Gasteiger partial charge is 0.497 e. The Balaban J connectivity index is 1.81. The van der Waals surface area contributed by atoms with Gasteiger partial charge in [-0.2, -0.15) is 5.10 Å². The summed E-state index contributed by atoms with van der Waals surface area (Å²) in [6, 6.07) is 5.96. The van der Waals surface area contributed by atoms with E-state index in [1.54, 1.807) is 14.2 Å². The van der Waals surface area contributed by atoms with Crippen molar-refractivity contribution in [1.82, 2.24) is 14.7 Å². The number of aromatic nitrogens is 2. The van der Waals surface area contributed by atoms with Crippen LogP contribution in [0, 0.1) is 6.92 Å². The van der Waals surface area contributed by atoms with Crippen molar-refractivity contribution < 1.29 is 14.2 Å². The maximum absolute atomic E-state index is 5.90. The minimum Gasteiger partial charge on any atom is -0.497 e. The van der Waals surface area contributed by atoms with Crippen LogP contribution in [0.1, 0.15) is 36.6 Å². The second-order valence-electron chi connectivity index (χ2n) is 7.08. The molecule has 27 heavy (non-hydrogen) atoms. The number of methoxy groups -OCH3 is 2. The van der Waals surface area contributed by atoms with Gasteiger partial charge in [-0.25, -0.2) is 0 Å². The molecule has 0 saturated carbocycles. The van der Waals surface area contributed by atoms with E-state index in [2.05, 4.69) is 36.1 Å². The molecule has 1 aromatic heterocycles. The van der Waals surface area contributed by atoms with Crippen molar-refractivity contribution >= 4 is 0 Å². The summed E-state index contributed by atoms with van der Waals surface area (Å²) in [5, 5.41) is 4.60. The molecule has 1 aromatic carbocycles. The number of nitrogens with zero attached hydrogens (tertiary/aromatic N) is 3. The summed E-state index contributed by atoms with van der Waals surface area (Å²) in [6.07, 6.45) is 4.72. The van der Waals surface area contributed by atoms with Gasteiger partial charge in [-0.3, -0.25) is 9.58 Å². The molecule has 0 aliphatic carbocycles. The standard InChI is InChI=1S/C21H31N3O3/c1-5-24-14-18(16(2)22-24)13-23(15-20-7-6-10-27-20)12-17-11-19(25-3)8-9-21(17)26-4/h8-9,11,14,20H,5-7,10,12-13,15H2,1-4H3. The zero-order chi connectivity index (χ0) is 19.2. The highest BCUT2D eigenvalue weighted by Gasteiger charge is 2.22. The van der Waals surface area contributed by atoms with Crippen LogP contribution in [0.5, 0.6) is 11.5 Å². The topological polar surface area (TPSA) is 48.8 Å². The van der Waals surface area contributed by atoms with Gasteiger partial charge >= 0.3 is 0 Å². The van der Waals surface area contributed by atoms with E-state index in [1.165, 1.54) is 5.56 Å². The lowest BCUT2D eigenvalue weighted by Crippen LogP contribution is -2.31. The van der Waals surface area contributed by atoms with E-state index in [4.69, 9.17) is 14.2 Å². The van der Waals surface area contributed by atoms with E-state index in [-0.39, 0.29) is 0 Å². The zero-order valence-electron chi connectivity index (χ0n) is 16.9. The molecule has 2 aromatic rings. The van der Waals surface area contributed by atoms with Crippen LogP contribution in [0.3, 0.4) is 0 Å². The van der Waals surface area contributed by atoms with Crippen LogP contribution in [-0.4, -0.2) is 48.2 Å². The molecule has 0 spiro atoms. The molecule has 0 amide bonds. The normalized spacial score (nSPS) is 16.9. The van der Waals surface area contributed by atoms with Crippen molar-refractivity contribution in [2.24, 2.45) is 0 Å². The highest BCUT2D eigenvalue weighted by Crippen LogP contribution is 2.27. The molecule has 0 bridgehead atoms. The lowest BCUT2D eigenvalue weighted by atomic mass is 10.1. The smallest absolute Gasteiger partial charge is 0.123 e. The minimum atomic E-state index is 0.295. The monoisotopic (exact) mass is 373 g/mol. The van der Waals surface area contributed by atoms with Crippen molar-refractivity contribution in [2.75, 3.05) is 27.4 Å². The molecule has 0 N–H and O–H groups in total. The summed E-state index contributed by atoms with van der Waals surface area (Å²) in [5.41, 5.74) is 3.47. The molecule has 3 rings (SSSR count). The second kappa shape index (κ2) is 9.24. The van der Waals surface area contributed by atoms with E-state index in [1.807, 2.05) is 16.8 Å². The summed E-state index contributed by atoms with van der Waals surface area (Å²) in [5.74, 6) is 1.73. The fraction of sp³-hybridized carbons (Fsp3) is 0.571. The maximum atomic E-state index is 5.90. The number of aryl methyl sites for hydroxylation is 2. The molecule has 1 fully saturated rings. The Hall–Kier alpha value is -2.05. The molecular weight excluding hydrogens is 342 g/mol. The van der Waals surface area contributed by atoms with E-state index < -0.39 is 0 Å². The third-order valence-electron chi connectivity index (χ3n) is 5.13. The first-order valence-electron chi connectivity index (χ1n) is 9.70. The fourth-order valence-electron chi connectivity index (χ4n) is 3.62. The molecule has 6 heteroatoms. The molecule has 6 nitrogen and oxygen atoms in total. The van der Waals surface area contributed by atoms with Crippen molar-refractivity contribution in [3.63, 3.8) is 0 Å². The minimum absolute atomic E-state index is 0.295. The van der Waals surface area contributed by atoms with E-state index in [0.29, 0.717) is 6.10 Å². The van der Waals surface area contributed by atoms with Gasteiger partial charge in [-0.05, 0) is 44.9 Å². The van der Waals surface area contributed by atoms with Gasteiger partial charge in [0.05, 0.1) is 26.0 Å². The first-order chi connectivity index (χ1) is 13.1. The van der Waals surface area contributed by atoms with Crippen molar-refractivity contribution in [3.05, 3.63) is 41.2 Å². The molecule has 1 saturated heterocycles. The quantitative estimate of drug-likeness (QED) is 0.674. The molecule has 1 unspecified atom stereocenters. The average molecular weight is 373 g/mol. The van der Waals surface area contributed by atoms with Crippen molar-refractivity contribution in [1.29, 1.82) is 0 Å². The molecular formula is C21H31N3O3. The van der Waals surface area contributed by atoms with Crippen LogP contribution in [0.25, 0.3) is 0 Å². The predicted octanol–water partition coefficient (Wildman–Crippen LogP) is 3.41. The lowest BCUT2D eigenvalue weighted by molar-refractivity contribution is 0.0675. The molecule has 0 radical (unpaired) electrons. The summed E-state index contributed by atoms with van der Waals surface area (Å²) >= 11 is 0. The van der Waals surface area contributed by atoms with Crippen molar-refractivity contribution in [2.45, 2.75) is 52.4 Å². The Bertz CT molecular complexity index is 738. The van der Waals surface area contributed by atoms with E-state index >= 15 is 0 Å². The third kappa shape index (κ3) is 5.02. The molecule has 2 heterocycles. The Morgan fingerprint density at radius 2 is 2.04 bits per heavy atom. The van der Waals surface area contributed by atoms with Crippen LogP contribution in [0.4, 0.5) is 0 Å². The third-order valence-corrected chi connectivity index (χ3v) is 5.13. The lowest BCUT2D eigenvalue weighted by Gasteiger charge is -2.26. The van der Waals surface area contributed by atoms with Crippen LogP contribution >= 0.6 is 0 Å². The molecule has 148 valence electrons. The molecule has 1 atom stereocenters. The van der Waals surface area contributed by atoms with E-state index in [9.17, 15) is 0 Å². The van der Waals surface area contributed by atoms with E-state index in [0.717, 1.165) is 68.4 Å². The number of hydrogen-bond acceptors (Lipinski definition) is 5. The van der Waals surface area contributed by atoms with Gasteiger partial charge in [0.2, 0.25) is 0 Å².